The van der Waals surface area contributed by atoms with Gasteiger partial charge in [-0.25, -0.2) is 4.79 Å². The number of amides is 2. The number of hydrogen-bond acceptors (Lipinski definition) is 3. The van der Waals surface area contributed by atoms with Gasteiger partial charge in [-0.3, -0.25) is 9.69 Å². The predicted octanol–water partition coefficient (Wildman–Crippen LogP) is 2.97. The molecule has 1 aromatic carbocycles. The van der Waals surface area contributed by atoms with Crippen LogP contribution < -0.4 is 5.32 Å². The van der Waals surface area contributed by atoms with Gasteiger partial charge in [-0.2, -0.15) is 0 Å². The Morgan fingerprint density at radius 1 is 1.22 bits per heavy atom. The molecule has 2 unspecified atom stereocenters. The molecule has 2 atom stereocenters. The maximum absolute atomic E-state index is 12.6. The minimum atomic E-state index is -0.834. The molecule has 6 heteroatoms. The summed E-state index contributed by atoms with van der Waals surface area (Å²) < 4.78 is 0. The van der Waals surface area contributed by atoms with Crippen LogP contribution in [0.25, 0.3) is 0 Å². The van der Waals surface area contributed by atoms with Crippen molar-refractivity contribution in [3.05, 3.63) is 35.9 Å². The zero-order valence-electron chi connectivity index (χ0n) is 16.4. The van der Waals surface area contributed by atoms with Gasteiger partial charge in [-0.05, 0) is 50.8 Å². The highest BCUT2D eigenvalue weighted by Gasteiger charge is 2.42. The molecular formula is C21H31N3O3. The van der Waals surface area contributed by atoms with E-state index in [0.717, 1.165) is 19.0 Å². The van der Waals surface area contributed by atoms with Crippen LogP contribution in [0.2, 0.25) is 0 Å². The fraction of sp³-hybridized carbons (Fsp3) is 0.619. The summed E-state index contributed by atoms with van der Waals surface area (Å²) >= 11 is 0. The van der Waals surface area contributed by atoms with Crippen LogP contribution in [0.4, 0.5) is 4.79 Å². The minimum absolute atomic E-state index is 0.149. The van der Waals surface area contributed by atoms with Crippen LogP contribution in [-0.4, -0.2) is 59.6 Å². The average Bonchev–Trinajstić information content (AvgIpc) is 3.08. The maximum atomic E-state index is 12.6. The lowest BCUT2D eigenvalue weighted by atomic mass is 9.90. The Bertz CT molecular complexity index is 658. The van der Waals surface area contributed by atoms with Crippen LogP contribution in [0.5, 0.6) is 0 Å². The highest BCUT2D eigenvalue weighted by atomic mass is 16.4. The topological polar surface area (TPSA) is 72.9 Å². The van der Waals surface area contributed by atoms with Crippen molar-refractivity contribution in [1.29, 1.82) is 0 Å². The Labute approximate surface area is 161 Å². The van der Waals surface area contributed by atoms with Gasteiger partial charge < -0.3 is 15.3 Å². The van der Waals surface area contributed by atoms with Gasteiger partial charge in [-0.15, -0.1) is 0 Å². The number of hydrogen-bond donors (Lipinski definition) is 2. The Hall–Kier alpha value is -2.08. The van der Waals surface area contributed by atoms with Crippen molar-refractivity contribution >= 4 is 12.0 Å². The molecule has 2 saturated heterocycles. The quantitative estimate of drug-likeness (QED) is 0.832. The summed E-state index contributed by atoms with van der Waals surface area (Å²) in [7, 11) is 0. The molecular weight excluding hydrogens is 342 g/mol. The van der Waals surface area contributed by atoms with Gasteiger partial charge in [-0.1, -0.05) is 37.3 Å². The fourth-order valence-electron chi connectivity index (χ4n) is 4.08. The molecule has 1 aromatic rings. The molecule has 2 amide bonds. The third-order valence-electron chi connectivity index (χ3n) is 6.17. The predicted molar refractivity (Wildman–Crippen MR) is 104 cm³/mol. The largest absolute Gasteiger partial charge is 0.481 e. The number of likely N-dealkylation sites (tertiary alicyclic amines) is 2. The summed E-state index contributed by atoms with van der Waals surface area (Å²) in [6.07, 6.45) is 2.86. The summed E-state index contributed by atoms with van der Waals surface area (Å²) in [4.78, 5) is 28.1. The fourth-order valence-corrected chi connectivity index (χ4v) is 4.08. The molecule has 2 aliphatic heterocycles. The van der Waals surface area contributed by atoms with E-state index in [-0.39, 0.29) is 18.6 Å². The first-order valence-electron chi connectivity index (χ1n) is 9.94. The van der Waals surface area contributed by atoms with E-state index >= 15 is 0 Å². The Morgan fingerprint density at radius 3 is 2.48 bits per heavy atom. The molecule has 0 radical (unpaired) electrons. The minimum Gasteiger partial charge on any atom is -0.481 e. The molecule has 0 aromatic heterocycles. The average molecular weight is 373 g/mol. The van der Waals surface area contributed by atoms with E-state index in [4.69, 9.17) is 0 Å². The summed E-state index contributed by atoms with van der Waals surface area (Å²) in [5, 5.41) is 12.4. The van der Waals surface area contributed by atoms with E-state index in [1.165, 1.54) is 18.4 Å². The van der Waals surface area contributed by atoms with E-state index in [9.17, 15) is 14.7 Å². The lowest BCUT2D eigenvalue weighted by Crippen LogP contribution is -2.46. The lowest BCUT2D eigenvalue weighted by Gasteiger charge is -2.37. The van der Waals surface area contributed by atoms with E-state index in [0.29, 0.717) is 19.5 Å². The first-order chi connectivity index (χ1) is 12.9. The second-order valence-electron chi connectivity index (χ2n) is 8.37. The molecule has 3 rings (SSSR count). The molecule has 2 aliphatic rings. The number of nitrogens with zero attached hydrogens (tertiary/aromatic N) is 2. The van der Waals surface area contributed by atoms with Gasteiger partial charge in [0.15, 0.2) is 0 Å². The molecule has 2 N–H and O–H groups in total. The van der Waals surface area contributed by atoms with Crippen LogP contribution in [0, 0.1) is 11.3 Å². The molecule has 148 valence electrons. The first kappa shape index (κ1) is 19.7. The Kier molecular flexibility index (Phi) is 6.05. The van der Waals surface area contributed by atoms with Crippen LogP contribution in [-0.2, 0) is 4.79 Å². The van der Waals surface area contributed by atoms with E-state index < -0.39 is 11.4 Å². The molecule has 0 spiro atoms. The summed E-state index contributed by atoms with van der Waals surface area (Å²) in [5.74, 6) is -0.0760. The van der Waals surface area contributed by atoms with Crippen molar-refractivity contribution in [1.82, 2.24) is 15.1 Å². The van der Waals surface area contributed by atoms with Crippen molar-refractivity contribution < 1.29 is 14.7 Å². The van der Waals surface area contributed by atoms with Crippen LogP contribution in [0.15, 0.2) is 30.3 Å². The number of carbonyl (C=O) groups excluding carboxylic acids is 1. The van der Waals surface area contributed by atoms with Gasteiger partial charge in [0.2, 0.25) is 0 Å². The van der Waals surface area contributed by atoms with Gasteiger partial charge in [0.1, 0.15) is 0 Å². The Morgan fingerprint density at radius 2 is 1.89 bits per heavy atom. The van der Waals surface area contributed by atoms with Crippen LogP contribution in [0.1, 0.15) is 44.7 Å². The van der Waals surface area contributed by atoms with Crippen molar-refractivity contribution in [2.75, 3.05) is 32.7 Å². The van der Waals surface area contributed by atoms with Gasteiger partial charge in [0.05, 0.1) is 11.5 Å². The number of carboxylic acid groups (broad SMARTS) is 1. The van der Waals surface area contributed by atoms with E-state index in [2.05, 4.69) is 29.3 Å². The van der Waals surface area contributed by atoms with Crippen molar-refractivity contribution in [3.8, 4) is 0 Å². The third-order valence-corrected chi connectivity index (χ3v) is 6.17. The molecule has 0 saturated carbocycles. The van der Waals surface area contributed by atoms with Crippen molar-refractivity contribution in [3.63, 3.8) is 0 Å². The maximum Gasteiger partial charge on any atom is 0.317 e. The smallest absolute Gasteiger partial charge is 0.317 e. The number of rotatable bonds is 5. The SMILES string of the molecule is CC1CCN(C(CNC(=O)N2CCC(C)(C(=O)O)C2)c2ccccc2)CC1. The second-order valence-corrected chi connectivity index (χ2v) is 8.37. The van der Waals surface area contributed by atoms with E-state index in [1.807, 2.05) is 18.2 Å². The van der Waals surface area contributed by atoms with E-state index in [1.54, 1.807) is 11.8 Å². The molecule has 2 heterocycles. The number of nitrogens with one attached hydrogen (secondary N) is 1. The van der Waals surface area contributed by atoms with Gasteiger partial charge >= 0.3 is 12.0 Å². The molecule has 6 nitrogen and oxygen atoms in total. The molecule has 2 fully saturated rings. The molecule has 0 aliphatic carbocycles. The van der Waals surface area contributed by atoms with Crippen LogP contribution >= 0.6 is 0 Å². The summed E-state index contributed by atoms with van der Waals surface area (Å²) in [6, 6.07) is 10.3. The Balaban J connectivity index is 1.63. The third kappa shape index (κ3) is 4.61. The number of benzene rings is 1. The standard InChI is InChI=1S/C21H31N3O3/c1-16-8-11-23(12-9-16)18(17-6-4-3-5-7-17)14-22-20(27)24-13-10-21(2,15-24)19(25)26/h3-7,16,18H,8-15H2,1-2H3,(H,22,27)(H,25,26). The monoisotopic (exact) mass is 373 g/mol. The second kappa shape index (κ2) is 8.30. The van der Waals surface area contributed by atoms with Crippen molar-refractivity contribution in [2.45, 2.75) is 39.2 Å². The number of urea groups is 1. The number of carboxylic acids is 1. The molecule has 0 bridgehead atoms. The van der Waals surface area contributed by atoms with Gasteiger partial charge in [0.25, 0.3) is 0 Å². The number of carbonyl (C=O) groups is 2. The highest BCUT2D eigenvalue weighted by molar-refractivity contribution is 5.79. The van der Waals surface area contributed by atoms with Crippen molar-refractivity contribution in [2.24, 2.45) is 11.3 Å². The summed E-state index contributed by atoms with van der Waals surface area (Å²) in [5.41, 5.74) is 0.378. The number of piperidine rings is 1. The van der Waals surface area contributed by atoms with Crippen LogP contribution in [0.3, 0.4) is 0 Å². The highest BCUT2D eigenvalue weighted by Crippen LogP contribution is 2.30. The normalized spacial score (nSPS) is 25.3. The number of aliphatic carboxylic acids is 1. The molecule has 27 heavy (non-hydrogen) atoms. The lowest BCUT2D eigenvalue weighted by molar-refractivity contribution is -0.147. The summed E-state index contributed by atoms with van der Waals surface area (Å²) in [6.45, 7) is 7.39. The first-order valence-corrected chi connectivity index (χ1v) is 9.94. The van der Waals surface area contributed by atoms with Gasteiger partial charge in [0, 0.05) is 19.6 Å². The zero-order valence-corrected chi connectivity index (χ0v) is 16.4. The zero-order chi connectivity index (χ0) is 19.4.